The van der Waals surface area contributed by atoms with E-state index in [9.17, 15) is 4.79 Å². The van der Waals surface area contributed by atoms with Crippen LogP contribution in [-0.4, -0.2) is 20.5 Å². The van der Waals surface area contributed by atoms with E-state index in [2.05, 4.69) is 10.1 Å². The fourth-order valence-electron chi connectivity index (χ4n) is 1.41. The van der Waals surface area contributed by atoms with Gasteiger partial charge in [-0.2, -0.15) is 5.10 Å². The molecular weight excluding hydrogens is 210 g/mol. The highest BCUT2D eigenvalue weighted by atomic mass is 32.1. The molecule has 2 rings (SSSR count). The zero-order valence-electron chi connectivity index (χ0n) is 8.81. The third kappa shape index (κ3) is 1.83. The zero-order valence-corrected chi connectivity index (χ0v) is 9.63. The van der Waals surface area contributed by atoms with Crippen LogP contribution in [0.1, 0.15) is 25.9 Å². The predicted octanol–water partition coefficient (Wildman–Crippen LogP) is 1.72. The van der Waals surface area contributed by atoms with E-state index >= 15 is 0 Å². The zero-order chi connectivity index (χ0) is 11.0. The van der Waals surface area contributed by atoms with E-state index in [-0.39, 0.29) is 5.78 Å². The molecule has 0 spiro atoms. The van der Waals surface area contributed by atoms with Crippen LogP contribution in [-0.2, 0) is 7.05 Å². The van der Waals surface area contributed by atoms with Crippen LogP contribution in [0.15, 0.2) is 12.4 Å². The lowest BCUT2D eigenvalue weighted by molar-refractivity contribution is 0.104. The van der Waals surface area contributed by atoms with Crippen LogP contribution in [0.4, 0.5) is 0 Å². The molecule has 0 atom stereocenters. The van der Waals surface area contributed by atoms with Gasteiger partial charge in [-0.15, -0.1) is 11.3 Å². The first-order chi connectivity index (χ1) is 7.08. The Hall–Kier alpha value is -1.49. The van der Waals surface area contributed by atoms with Crippen molar-refractivity contribution in [2.45, 2.75) is 13.8 Å². The third-order valence-corrected chi connectivity index (χ3v) is 3.15. The molecule has 0 unspecified atom stereocenters. The Labute approximate surface area is 91.6 Å². The molecule has 0 aliphatic heterocycles. The monoisotopic (exact) mass is 221 g/mol. The lowest BCUT2D eigenvalue weighted by Gasteiger charge is -1.93. The first kappa shape index (κ1) is 10.0. The van der Waals surface area contributed by atoms with Crippen LogP contribution in [0.25, 0.3) is 0 Å². The fourth-order valence-corrected chi connectivity index (χ4v) is 2.29. The maximum atomic E-state index is 12.0. The number of hydrogen-bond donors (Lipinski definition) is 0. The SMILES string of the molecule is Cc1nc(C)c(C(=O)c2cnn(C)c2)s1. The highest BCUT2D eigenvalue weighted by Crippen LogP contribution is 2.20. The van der Waals surface area contributed by atoms with Gasteiger partial charge in [-0.05, 0) is 13.8 Å². The Morgan fingerprint density at radius 2 is 2.20 bits per heavy atom. The van der Waals surface area contributed by atoms with Gasteiger partial charge < -0.3 is 0 Å². The van der Waals surface area contributed by atoms with Crippen molar-refractivity contribution >= 4 is 17.1 Å². The van der Waals surface area contributed by atoms with Crippen molar-refractivity contribution in [3.05, 3.63) is 33.5 Å². The van der Waals surface area contributed by atoms with Crippen molar-refractivity contribution in [1.29, 1.82) is 0 Å². The number of aromatic nitrogens is 3. The molecule has 2 heterocycles. The maximum absolute atomic E-state index is 12.0. The van der Waals surface area contributed by atoms with E-state index in [1.54, 1.807) is 24.1 Å². The molecule has 5 heteroatoms. The van der Waals surface area contributed by atoms with Gasteiger partial charge >= 0.3 is 0 Å². The van der Waals surface area contributed by atoms with Crippen molar-refractivity contribution in [2.75, 3.05) is 0 Å². The minimum atomic E-state index is 0.00574. The minimum Gasteiger partial charge on any atom is -0.287 e. The quantitative estimate of drug-likeness (QED) is 0.725. The smallest absolute Gasteiger partial charge is 0.208 e. The molecule has 0 radical (unpaired) electrons. The highest BCUT2D eigenvalue weighted by molar-refractivity contribution is 7.14. The van der Waals surface area contributed by atoms with Crippen LogP contribution in [0.2, 0.25) is 0 Å². The molecule has 0 bridgehead atoms. The Morgan fingerprint density at radius 3 is 2.67 bits per heavy atom. The summed E-state index contributed by atoms with van der Waals surface area (Å²) >= 11 is 1.43. The molecule has 2 aromatic heterocycles. The van der Waals surface area contributed by atoms with E-state index in [0.29, 0.717) is 10.4 Å². The van der Waals surface area contributed by atoms with Crippen LogP contribution in [0.3, 0.4) is 0 Å². The molecule has 0 saturated carbocycles. The normalized spacial score (nSPS) is 10.6. The molecule has 0 amide bonds. The van der Waals surface area contributed by atoms with Gasteiger partial charge in [-0.25, -0.2) is 4.98 Å². The van der Waals surface area contributed by atoms with Crippen LogP contribution < -0.4 is 0 Å². The summed E-state index contributed by atoms with van der Waals surface area (Å²) in [5.41, 5.74) is 1.41. The van der Waals surface area contributed by atoms with Gasteiger partial charge in [0.05, 0.1) is 27.3 Å². The lowest BCUT2D eigenvalue weighted by atomic mass is 10.2. The summed E-state index contributed by atoms with van der Waals surface area (Å²) in [7, 11) is 1.79. The topological polar surface area (TPSA) is 47.8 Å². The van der Waals surface area contributed by atoms with Crippen LogP contribution in [0.5, 0.6) is 0 Å². The van der Waals surface area contributed by atoms with Gasteiger partial charge in [0.15, 0.2) is 0 Å². The average molecular weight is 221 g/mol. The number of carbonyl (C=O) groups is 1. The Morgan fingerprint density at radius 1 is 1.47 bits per heavy atom. The number of ketones is 1. The molecule has 4 nitrogen and oxygen atoms in total. The minimum absolute atomic E-state index is 0.00574. The molecule has 0 aromatic carbocycles. The summed E-state index contributed by atoms with van der Waals surface area (Å²) in [6.45, 7) is 3.75. The van der Waals surface area contributed by atoms with E-state index < -0.39 is 0 Å². The highest BCUT2D eigenvalue weighted by Gasteiger charge is 2.16. The van der Waals surface area contributed by atoms with E-state index in [0.717, 1.165) is 10.7 Å². The second-order valence-electron chi connectivity index (χ2n) is 3.38. The van der Waals surface area contributed by atoms with Gasteiger partial charge in [0, 0.05) is 13.2 Å². The average Bonchev–Trinajstić information content (AvgIpc) is 2.71. The van der Waals surface area contributed by atoms with E-state index in [1.165, 1.54) is 11.3 Å². The first-order valence-electron chi connectivity index (χ1n) is 4.55. The standard InChI is InChI=1S/C10H11N3OS/c1-6-10(15-7(2)12-6)9(14)8-4-11-13(3)5-8/h4-5H,1-3H3. The summed E-state index contributed by atoms with van der Waals surface area (Å²) in [4.78, 5) is 17.0. The second kappa shape index (κ2) is 3.58. The number of hydrogen-bond acceptors (Lipinski definition) is 4. The van der Waals surface area contributed by atoms with Gasteiger partial charge in [0.2, 0.25) is 5.78 Å². The summed E-state index contributed by atoms with van der Waals surface area (Å²) in [6.07, 6.45) is 3.30. The molecule has 2 aromatic rings. The van der Waals surface area contributed by atoms with E-state index in [1.807, 2.05) is 13.8 Å². The second-order valence-corrected chi connectivity index (χ2v) is 4.58. The Kier molecular flexibility index (Phi) is 2.40. The summed E-state index contributed by atoms with van der Waals surface area (Å²) < 4.78 is 1.62. The van der Waals surface area contributed by atoms with E-state index in [4.69, 9.17) is 0 Å². The number of nitrogens with zero attached hydrogens (tertiary/aromatic N) is 3. The molecule has 0 saturated heterocycles. The molecule has 0 aliphatic carbocycles. The van der Waals surface area contributed by atoms with Gasteiger partial charge in [-0.3, -0.25) is 9.48 Å². The van der Waals surface area contributed by atoms with Gasteiger partial charge in [0.25, 0.3) is 0 Å². The number of carbonyl (C=O) groups excluding carboxylic acids is 1. The van der Waals surface area contributed by atoms with Crippen LogP contribution in [0, 0.1) is 13.8 Å². The van der Waals surface area contributed by atoms with Gasteiger partial charge in [-0.1, -0.05) is 0 Å². The maximum Gasteiger partial charge on any atom is 0.208 e. The molecule has 78 valence electrons. The molecule has 0 fully saturated rings. The Bertz CT molecular complexity index is 512. The number of rotatable bonds is 2. The van der Waals surface area contributed by atoms with Crippen LogP contribution >= 0.6 is 11.3 Å². The Balaban J connectivity index is 2.40. The molecule has 15 heavy (non-hydrogen) atoms. The number of aryl methyl sites for hydroxylation is 3. The van der Waals surface area contributed by atoms with Crippen molar-refractivity contribution in [3.63, 3.8) is 0 Å². The van der Waals surface area contributed by atoms with Crippen molar-refractivity contribution in [1.82, 2.24) is 14.8 Å². The third-order valence-electron chi connectivity index (χ3n) is 2.08. The molecular formula is C10H11N3OS. The fraction of sp³-hybridized carbons (Fsp3) is 0.300. The molecule has 0 aliphatic rings. The summed E-state index contributed by atoms with van der Waals surface area (Å²) in [6, 6.07) is 0. The van der Waals surface area contributed by atoms with Crippen molar-refractivity contribution in [2.24, 2.45) is 7.05 Å². The summed E-state index contributed by atoms with van der Waals surface area (Å²) in [5.74, 6) is 0.00574. The number of thiazole rings is 1. The lowest BCUT2D eigenvalue weighted by Crippen LogP contribution is -1.99. The molecule has 0 N–H and O–H groups in total. The first-order valence-corrected chi connectivity index (χ1v) is 5.37. The summed E-state index contributed by atoms with van der Waals surface area (Å²) in [5, 5.41) is 4.90. The van der Waals surface area contributed by atoms with Crippen molar-refractivity contribution in [3.8, 4) is 0 Å². The predicted molar refractivity (Wildman–Crippen MR) is 58.2 cm³/mol. The van der Waals surface area contributed by atoms with Gasteiger partial charge in [0.1, 0.15) is 0 Å². The van der Waals surface area contributed by atoms with Crippen molar-refractivity contribution < 1.29 is 4.79 Å². The largest absolute Gasteiger partial charge is 0.287 e.